The van der Waals surface area contributed by atoms with Crippen LogP contribution in [0.25, 0.3) is 21.1 Å². The standard InChI is InChI=1S/C36H43F3N8O2S/c1-23-24(17-44-9-7-25(8-10-44)43-31-29-14-27(15-36(37,38)39)50-32(29)42-22-41-31)5-6-30-28(23)13-26(16-40)47(30)12-11-45-18-35(19-45)20-46(21-35)33(48)49-34(2,3)4/h5-6,13-14,22,25H,7-12,15,17-21H2,1-4H3,(H,41,42,43). The van der Waals surface area contributed by atoms with E-state index in [-0.39, 0.29) is 22.4 Å². The minimum atomic E-state index is -4.26. The Labute approximate surface area is 293 Å². The van der Waals surface area contributed by atoms with Crippen molar-refractivity contribution in [2.45, 2.75) is 77.9 Å². The molecule has 7 rings (SSSR count). The SMILES string of the molecule is Cc1c(CN2CCC(Nc3ncnc4sc(CC(F)(F)F)cc34)CC2)ccc2c1cc(C#N)n2CCN1CC2(C1)CN(C(=O)OC(C)(C)C)C2. The number of carbonyl (C=O) groups is 1. The molecule has 0 saturated carbocycles. The van der Waals surface area contributed by atoms with Crippen molar-refractivity contribution in [3.05, 3.63) is 52.3 Å². The van der Waals surface area contributed by atoms with Crippen LogP contribution in [0, 0.1) is 23.7 Å². The maximum Gasteiger partial charge on any atom is 0.410 e. The van der Waals surface area contributed by atoms with Gasteiger partial charge in [-0.1, -0.05) is 6.07 Å². The van der Waals surface area contributed by atoms with E-state index < -0.39 is 18.2 Å². The number of nitrogens with one attached hydrogen (secondary N) is 1. The Morgan fingerprint density at radius 2 is 1.80 bits per heavy atom. The van der Waals surface area contributed by atoms with E-state index in [9.17, 15) is 23.2 Å². The molecule has 6 heterocycles. The van der Waals surface area contributed by atoms with Gasteiger partial charge in [0.25, 0.3) is 0 Å². The number of thiophene rings is 1. The smallest absolute Gasteiger partial charge is 0.410 e. The fraction of sp³-hybridized carbons (Fsp3) is 0.556. The van der Waals surface area contributed by atoms with Gasteiger partial charge in [0.05, 0.1) is 11.8 Å². The summed E-state index contributed by atoms with van der Waals surface area (Å²) in [4.78, 5) is 28.3. The first-order valence-corrected chi connectivity index (χ1v) is 18.0. The van der Waals surface area contributed by atoms with Crippen molar-refractivity contribution in [1.29, 1.82) is 5.26 Å². The molecule has 0 radical (unpaired) electrons. The molecule has 10 nitrogen and oxygen atoms in total. The molecule has 3 aromatic heterocycles. The van der Waals surface area contributed by atoms with Crippen molar-refractivity contribution in [3.63, 3.8) is 0 Å². The van der Waals surface area contributed by atoms with Crippen molar-refractivity contribution in [2.24, 2.45) is 5.41 Å². The molecule has 3 aliphatic heterocycles. The number of fused-ring (bicyclic) bond motifs is 2. The predicted octanol–water partition coefficient (Wildman–Crippen LogP) is 6.56. The molecule has 4 aromatic rings. The molecular formula is C36H43F3N8O2S. The van der Waals surface area contributed by atoms with Crippen LogP contribution in [0.4, 0.5) is 23.8 Å². The highest BCUT2D eigenvalue weighted by Gasteiger charge is 2.53. The lowest BCUT2D eigenvalue weighted by Gasteiger charge is -2.60. The van der Waals surface area contributed by atoms with Gasteiger partial charge in [0.2, 0.25) is 0 Å². The molecule has 0 bridgehead atoms. The van der Waals surface area contributed by atoms with Gasteiger partial charge in [-0.05, 0) is 69.9 Å². The number of halogens is 3. The van der Waals surface area contributed by atoms with Crippen molar-refractivity contribution in [2.75, 3.05) is 51.1 Å². The molecule has 266 valence electrons. The molecule has 3 saturated heterocycles. The van der Waals surface area contributed by atoms with Gasteiger partial charge in [-0.25, -0.2) is 14.8 Å². The molecule has 14 heteroatoms. The summed E-state index contributed by atoms with van der Waals surface area (Å²) in [6.07, 6.45) is -2.27. The van der Waals surface area contributed by atoms with Crippen LogP contribution in [-0.4, -0.2) is 99.0 Å². The number of nitriles is 1. The minimum Gasteiger partial charge on any atom is -0.444 e. The Morgan fingerprint density at radius 3 is 2.48 bits per heavy atom. The molecule has 3 fully saturated rings. The number of alkyl halides is 3. The number of piperidine rings is 1. The average Bonchev–Trinajstić information content (AvgIpc) is 3.57. The van der Waals surface area contributed by atoms with Gasteiger partial charge in [-0.15, -0.1) is 11.3 Å². The number of anilines is 1. The average molecular weight is 709 g/mol. The molecular weight excluding hydrogens is 666 g/mol. The summed E-state index contributed by atoms with van der Waals surface area (Å²) in [5.74, 6) is 0.596. The third-order valence-electron chi connectivity index (χ3n) is 10.1. The minimum absolute atomic E-state index is 0.167. The van der Waals surface area contributed by atoms with Crippen molar-refractivity contribution < 1.29 is 22.7 Å². The van der Waals surface area contributed by atoms with Gasteiger partial charge in [0.15, 0.2) is 0 Å². The Bertz CT molecular complexity index is 1940. The van der Waals surface area contributed by atoms with Gasteiger partial charge < -0.3 is 24.4 Å². The first kappa shape index (κ1) is 34.5. The Morgan fingerprint density at radius 1 is 1.06 bits per heavy atom. The van der Waals surface area contributed by atoms with Gasteiger partial charge >= 0.3 is 12.3 Å². The molecule has 1 aromatic carbocycles. The number of likely N-dealkylation sites (tertiary alicyclic amines) is 3. The molecule has 0 atom stereocenters. The second-order valence-corrected chi connectivity index (χ2v) is 16.4. The maximum atomic E-state index is 13.0. The fourth-order valence-corrected chi connectivity index (χ4v) is 8.75. The fourth-order valence-electron chi connectivity index (χ4n) is 7.72. The highest BCUT2D eigenvalue weighted by Crippen LogP contribution is 2.40. The lowest BCUT2D eigenvalue weighted by molar-refractivity contribution is -0.126. The molecule has 0 aliphatic carbocycles. The topological polar surface area (TPSA) is 103 Å². The van der Waals surface area contributed by atoms with E-state index in [1.54, 1.807) is 11.0 Å². The number of nitrogens with zero attached hydrogens (tertiary/aromatic N) is 7. The summed E-state index contributed by atoms with van der Waals surface area (Å²) >= 11 is 1.06. The zero-order chi connectivity index (χ0) is 35.4. The maximum absolute atomic E-state index is 13.0. The monoisotopic (exact) mass is 708 g/mol. The predicted molar refractivity (Wildman–Crippen MR) is 187 cm³/mol. The van der Waals surface area contributed by atoms with Gasteiger partial charge in [0.1, 0.15) is 34.3 Å². The number of hydrogen-bond acceptors (Lipinski definition) is 9. The number of amides is 1. The number of aromatic nitrogens is 3. The number of benzene rings is 1. The van der Waals surface area contributed by atoms with E-state index in [0.717, 1.165) is 94.0 Å². The van der Waals surface area contributed by atoms with E-state index in [2.05, 4.69) is 54.8 Å². The van der Waals surface area contributed by atoms with Crippen molar-refractivity contribution in [3.8, 4) is 6.07 Å². The van der Waals surface area contributed by atoms with Gasteiger partial charge in [0, 0.05) is 86.1 Å². The highest BCUT2D eigenvalue weighted by molar-refractivity contribution is 7.18. The normalized spacial score (nSPS) is 18.7. The van der Waals surface area contributed by atoms with Gasteiger partial charge in [-0.3, -0.25) is 4.90 Å². The quantitative estimate of drug-likeness (QED) is 0.220. The lowest BCUT2D eigenvalue weighted by Crippen LogP contribution is -2.73. The third-order valence-corrected chi connectivity index (χ3v) is 11.2. The van der Waals surface area contributed by atoms with Crippen molar-refractivity contribution in [1.82, 2.24) is 29.2 Å². The van der Waals surface area contributed by atoms with E-state index in [1.807, 2.05) is 26.8 Å². The van der Waals surface area contributed by atoms with Crippen LogP contribution in [0.3, 0.4) is 0 Å². The molecule has 3 aliphatic rings. The van der Waals surface area contributed by atoms with Crippen LogP contribution in [0.2, 0.25) is 0 Å². The zero-order valence-electron chi connectivity index (χ0n) is 28.9. The largest absolute Gasteiger partial charge is 0.444 e. The number of hydrogen-bond donors (Lipinski definition) is 1. The molecule has 50 heavy (non-hydrogen) atoms. The second kappa shape index (κ2) is 13.0. The van der Waals surface area contributed by atoms with Crippen LogP contribution in [0.5, 0.6) is 0 Å². The first-order chi connectivity index (χ1) is 23.7. The summed E-state index contributed by atoms with van der Waals surface area (Å²) in [5, 5.41) is 15.2. The Balaban J connectivity index is 0.924. The Kier molecular flexibility index (Phi) is 8.97. The molecule has 1 N–H and O–H groups in total. The van der Waals surface area contributed by atoms with E-state index >= 15 is 0 Å². The number of rotatable bonds is 8. The van der Waals surface area contributed by atoms with E-state index in [1.165, 1.54) is 17.5 Å². The summed E-state index contributed by atoms with van der Waals surface area (Å²) in [7, 11) is 0. The molecule has 1 amide bonds. The summed E-state index contributed by atoms with van der Waals surface area (Å²) < 4.78 is 46.5. The van der Waals surface area contributed by atoms with E-state index in [4.69, 9.17) is 4.74 Å². The van der Waals surface area contributed by atoms with Crippen LogP contribution < -0.4 is 5.32 Å². The van der Waals surface area contributed by atoms with Gasteiger partial charge in [-0.2, -0.15) is 18.4 Å². The second-order valence-electron chi connectivity index (χ2n) is 15.3. The van der Waals surface area contributed by atoms with E-state index in [0.29, 0.717) is 21.7 Å². The van der Waals surface area contributed by atoms with Crippen molar-refractivity contribution >= 4 is 44.4 Å². The van der Waals surface area contributed by atoms with Crippen LogP contribution in [-0.2, 0) is 24.2 Å². The van der Waals surface area contributed by atoms with Crippen LogP contribution in [0.1, 0.15) is 55.3 Å². The lowest BCUT2D eigenvalue weighted by atomic mass is 9.73. The summed E-state index contributed by atoms with van der Waals surface area (Å²) in [6.45, 7) is 15.3. The highest BCUT2D eigenvalue weighted by atomic mass is 32.1. The first-order valence-electron chi connectivity index (χ1n) is 17.2. The zero-order valence-corrected chi connectivity index (χ0v) is 29.8. The summed E-state index contributed by atoms with van der Waals surface area (Å²) in [5.41, 5.74) is 3.84. The number of aryl methyl sites for hydroxylation is 1. The number of carbonyl (C=O) groups excluding carboxylic acids is 1. The third kappa shape index (κ3) is 7.27. The van der Waals surface area contributed by atoms with Crippen LogP contribution in [0.15, 0.2) is 30.6 Å². The van der Waals surface area contributed by atoms with Crippen LogP contribution >= 0.6 is 11.3 Å². The number of ether oxygens (including phenoxy) is 1. The summed E-state index contributed by atoms with van der Waals surface area (Å²) in [6, 6.07) is 10.5. The molecule has 1 spiro atoms. The molecule has 0 unspecified atom stereocenters. The Hall–Kier alpha value is -3.93.